The molecule has 0 aliphatic carbocycles. The van der Waals surface area contributed by atoms with Gasteiger partial charge in [0.25, 0.3) is 0 Å². The highest BCUT2D eigenvalue weighted by atomic mass is 19.4. The van der Waals surface area contributed by atoms with Crippen LogP contribution in [0.2, 0.25) is 0 Å². The zero-order valence-electron chi connectivity index (χ0n) is 9.71. The van der Waals surface area contributed by atoms with Crippen LogP contribution in [0.4, 0.5) is 13.2 Å². The van der Waals surface area contributed by atoms with Crippen LogP contribution in [0.5, 0.6) is 0 Å². The smallest absolute Gasteiger partial charge is 0.478 e. The Morgan fingerprint density at radius 1 is 1.24 bits per heavy atom. The monoisotopic (exact) mass is 256 g/mol. The topological polar surface area (TPSA) is 74.6 Å². The lowest BCUT2D eigenvalue weighted by atomic mass is 10.1. The van der Waals surface area contributed by atoms with E-state index in [0.717, 1.165) is 6.42 Å². The number of carbonyl (C=O) groups is 2. The van der Waals surface area contributed by atoms with Crippen LogP contribution in [0.1, 0.15) is 27.2 Å². The average molecular weight is 256 g/mol. The van der Waals surface area contributed by atoms with Crippen LogP contribution < -0.4 is 0 Å². The lowest BCUT2D eigenvalue weighted by Crippen LogP contribution is -2.21. The first-order chi connectivity index (χ1) is 7.48. The van der Waals surface area contributed by atoms with Gasteiger partial charge in [0, 0.05) is 5.57 Å². The molecule has 0 fully saturated rings. The van der Waals surface area contributed by atoms with Gasteiger partial charge in [0.2, 0.25) is 0 Å². The molecule has 0 atom stereocenters. The quantitative estimate of drug-likeness (QED) is 0.761. The molecule has 2 N–H and O–H groups in total. The molecule has 0 saturated heterocycles. The van der Waals surface area contributed by atoms with Crippen molar-refractivity contribution in [2.45, 2.75) is 33.4 Å². The van der Waals surface area contributed by atoms with Gasteiger partial charge in [0.15, 0.2) is 0 Å². The molecule has 100 valence electrons. The zero-order valence-corrected chi connectivity index (χ0v) is 9.71. The third-order valence-corrected chi connectivity index (χ3v) is 1.48. The van der Waals surface area contributed by atoms with Crippen molar-refractivity contribution in [3.63, 3.8) is 0 Å². The van der Waals surface area contributed by atoms with Gasteiger partial charge in [0.05, 0.1) is 0 Å². The van der Waals surface area contributed by atoms with Crippen molar-refractivity contribution in [2.75, 3.05) is 0 Å². The SMILES string of the molecule is CC(=CCC(C)C)C(=O)O.O=C(O)C(F)(F)F. The highest BCUT2D eigenvalue weighted by Gasteiger charge is 2.38. The number of carboxylic acid groups (broad SMARTS) is 2. The van der Waals surface area contributed by atoms with E-state index in [0.29, 0.717) is 11.5 Å². The van der Waals surface area contributed by atoms with Gasteiger partial charge < -0.3 is 10.2 Å². The molecule has 0 aromatic carbocycles. The fraction of sp³-hybridized carbons (Fsp3) is 0.600. The molecule has 0 bridgehead atoms. The van der Waals surface area contributed by atoms with Crippen LogP contribution >= 0.6 is 0 Å². The average Bonchev–Trinajstić information content (AvgIpc) is 2.13. The second kappa shape index (κ2) is 7.70. The Morgan fingerprint density at radius 3 is 1.76 bits per heavy atom. The Morgan fingerprint density at radius 2 is 1.59 bits per heavy atom. The predicted molar refractivity (Wildman–Crippen MR) is 54.5 cm³/mol. The first kappa shape index (κ1) is 17.9. The maximum atomic E-state index is 10.6. The van der Waals surface area contributed by atoms with Gasteiger partial charge >= 0.3 is 18.1 Å². The van der Waals surface area contributed by atoms with Crippen LogP contribution in [0, 0.1) is 5.92 Å². The van der Waals surface area contributed by atoms with Crippen LogP contribution in [0.15, 0.2) is 11.6 Å². The Labute approximate surface area is 96.7 Å². The number of rotatable bonds is 3. The molecule has 0 unspecified atom stereocenters. The molecule has 0 heterocycles. The summed E-state index contributed by atoms with van der Waals surface area (Å²) in [5.41, 5.74) is 0.439. The fourth-order valence-corrected chi connectivity index (χ4v) is 0.500. The van der Waals surface area contributed by atoms with E-state index >= 15 is 0 Å². The summed E-state index contributed by atoms with van der Waals surface area (Å²) in [7, 11) is 0. The van der Waals surface area contributed by atoms with E-state index in [-0.39, 0.29) is 0 Å². The number of allylic oxidation sites excluding steroid dienone is 1. The second-order valence-electron chi connectivity index (χ2n) is 3.62. The highest BCUT2D eigenvalue weighted by molar-refractivity contribution is 5.85. The molecular weight excluding hydrogens is 241 g/mol. The number of hydrogen-bond donors (Lipinski definition) is 2. The molecule has 0 aliphatic rings. The predicted octanol–water partition coefficient (Wildman–Crippen LogP) is 2.70. The molecule has 0 rings (SSSR count). The van der Waals surface area contributed by atoms with Crippen molar-refractivity contribution in [3.05, 3.63) is 11.6 Å². The number of halogens is 3. The molecule has 0 amide bonds. The van der Waals surface area contributed by atoms with Crippen LogP contribution in [-0.2, 0) is 9.59 Å². The fourth-order valence-electron chi connectivity index (χ4n) is 0.500. The standard InChI is InChI=1S/C8H14O2.C2HF3O2/c1-6(2)4-5-7(3)8(9)10;3-2(4,5)1(6)7/h5-6H,4H2,1-3H3,(H,9,10);(H,6,7). The van der Waals surface area contributed by atoms with Crippen LogP contribution in [0.25, 0.3) is 0 Å². The van der Waals surface area contributed by atoms with E-state index in [4.69, 9.17) is 15.0 Å². The maximum absolute atomic E-state index is 10.6. The summed E-state index contributed by atoms with van der Waals surface area (Å²) in [5.74, 6) is -3.04. The summed E-state index contributed by atoms with van der Waals surface area (Å²) >= 11 is 0. The Bertz CT molecular complexity index is 292. The van der Waals surface area contributed by atoms with Crippen molar-refractivity contribution in [2.24, 2.45) is 5.92 Å². The largest absolute Gasteiger partial charge is 0.490 e. The minimum Gasteiger partial charge on any atom is -0.478 e. The number of alkyl halides is 3. The van der Waals surface area contributed by atoms with E-state index in [1.54, 1.807) is 13.0 Å². The summed E-state index contributed by atoms with van der Waals surface area (Å²) in [6.45, 7) is 5.74. The van der Waals surface area contributed by atoms with E-state index in [1.807, 2.05) is 0 Å². The summed E-state index contributed by atoms with van der Waals surface area (Å²) in [5, 5.41) is 15.6. The summed E-state index contributed by atoms with van der Waals surface area (Å²) in [6.07, 6.45) is -2.48. The Balaban J connectivity index is 0. The van der Waals surface area contributed by atoms with E-state index in [9.17, 15) is 18.0 Å². The molecule has 0 aromatic rings. The van der Waals surface area contributed by atoms with Crippen molar-refractivity contribution in [1.29, 1.82) is 0 Å². The number of aliphatic carboxylic acids is 2. The van der Waals surface area contributed by atoms with Gasteiger partial charge in [-0.05, 0) is 19.3 Å². The highest BCUT2D eigenvalue weighted by Crippen LogP contribution is 2.13. The van der Waals surface area contributed by atoms with E-state index in [2.05, 4.69) is 13.8 Å². The van der Waals surface area contributed by atoms with Crippen molar-refractivity contribution in [3.8, 4) is 0 Å². The van der Waals surface area contributed by atoms with Crippen LogP contribution in [0.3, 0.4) is 0 Å². The molecule has 17 heavy (non-hydrogen) atoms. The molecule has 0 saturated carbocycles. The maximum Gasteiger partial charge on any atom is 0.490 e. The zero-order chi connectivity index (χ0) is 14.2. The second-order valence-corrected chi connectivity index (χ2v) is 3.62. The molecule has 4 nitrogen and oxygen atoms in total. The summed E-state index contributed by atoms with van der Waals surface area (Å²) in [6, 6.07) is 0. The first-order valence-corrected chi connectivity index (χ1v) is 4.68. The summed E-state index contributed by atoms with van der Waals surface area (Å²) in [4.78, 5) is 19.1. The van der Waals surface area contributed by atoms with Crippen molar-refractivity contribution in [1.82, 2.24) is 0 Å². The van der Waals surface area contributed by atoms with Gasteiger partial charge in [-0.3, -0.25) is 0 Å². The van der Waals surface area contributed by atoms with Gasteiger partial charge in [-0.15, -0.1) is 0 Å². The lowest BCUT2D eigenvalue weighted by molar-refractivity contribution is -0.192. The molecular formula is C10H15F3O4. The molecule has 0 aromatic heterocycles. The minimum atomic E-state index is -5.08. The molecule has 7 heteroatoms. The molecule has 0 aliphatic heterocycles. The van der Waals surface area contributed by atoms with Gasteiger partial charge in [-0.2, -0.15) is 13.2 Å². The number of hydrogen-bond acceptors (Lipinski definition) is 2. The minimum absolute atomic E-state index is 0.439. The molecule has 0 radical (unpaired) electrons. The van der Waals surface area contributed by atoms with Crippen LogP contribution in [-0.4, -0.2) is 28.3 Å². The number of carboxylic acids is 2. The van der Waals surface area contributed by atoms with Gasteiger partial charge in [-0.1, -0.05) is 19.9 Å². The Hall–Kier alpha value is -1.53. The van der Waals surface area contributed by atoms with E-state index < -0.39 is 18.1 Å². The van der Waals surface area contributed by atoms with Crippen molar-refractivity contribution < 1.29 is 33.0 Å². The molecule has 0 spiro atoms. The normalized spacial score (nSPS) is 11.8. The Kier molecular flexibility index (Phi) is 8.08. The van der Waals surface area contributed by atoms with Crippen molar-refractivity contribution >= 4 is 11.9 Å². The lowest BCUT2D eigenvalue weighted by Gasteiger charge is -1.97. The van der Waals surface area contributed by atoms with Gasteiger partial charge in [0.1, 0.15) is 0 Å². The van der Waals surface area contributed by atoms with Gasteiger partial charge in [-0.25, -0.2) is 9.59 Å². The third-order valence-electron chi connectivity index (χ3n) is 1.48. The first-order valence-electron chi connectivity index (χ1n) is 4.68. The van der Waals surface area contributed by atoms with E-state index in [1.165, 1.54) is 0 Å². The third kappa shape index (κ3) is 12.4. The summed E-state index contributed by atoms with van der Waals surface area (Å²) < 4.78 is 31.7.